The lowest BCUT2D eigenvalue weighted by Crippen LogP contribution is -2.18. The molecule has 0 spiro atoms. The molecule has 0 aliphatic rings. The van der Waals surface area contributed by atoms with Gasteiger partial charge in [0.1, 0.15) is 5.75 Å². The summed E-state index contributed by atoms with van der Waals surface area (Å²) in [6, 6.07) is 25.1. The summed E-state index contributed by atoms with van der Waals surface area (Å²) in [5, 5.41) is 8.49. The summed E-state index contributed by atoms with van der Waals surface area (Å²) in [6.07, 6.45) is 1.68. The lowest BCUT2D eigenvalue weighted by molar-refractivity contribution is 0.0952. The van der Waals surface area contributed by atoms with Gasteiger partial charge < -0.3 is 9.30 Å². The third kappa shape index (κ3) is 4.55. The molecule has 5 rings (SSSR count). The zero-order valence-corrected chi connectivity index (χ0v) is 21.3. The molecule has 1 aromatic heterocycles. The molecule has 0 atom stereocenters. The Morgan fingerprint density at radius 1 is 1.00 bits per heavy atom. The molecule has 5 aromatic rings. The van der Waals surface area contributed by atoms with Crippen LogP contribution in [0.25, 0.3) is 21.7 Å². The van der Waals surface area contributed by atoms with Gasteiger partial charge in [-0.3, -0.25) is 4.79 Å². The third-order valence-electron chi connectivity index (χ3n) is 6.30. The fourth-order valence-corrected chi connectivity index (χ4v) is 4.89. The van der Waals surface area contributed by atoms with Gasteiger partial charge in [-0.05, 0) is 53.6 Å². The smallest absolute Gasteiger partial charge is 0.275 e. The fraction of sp³-hybridized carbons (Fsp3) is 0.103. The number of fused-ring (bicyclic) bond motifs is 2. The van der Waals surface area contributed by atoms with Crippen LogP contribution in [0.2, 0.25) is 10.0 Å². The number of nitrogens with zero attached hydrogens (tertiary/aromatic N) is 2. The van der Waals surface area contributed by atoms with E-state index in [9.17, 15) is 4.79 Å². The van der Waals surface area contributed by atoms with Crippen LogP contribution in [0.5, 0.6) is 5.75 Å². The van der Waals surface area contributed by atoms with Crippen molar-refractivity contribution < 1.29 is 9.53 Å². The highest BCUT2D eigenvalue weighted by molar-refractivity contribution is 6.35. The number of carbonyl (C=O) groups is 1. The Kier molecular flexibility index (Phi) is 6.68. The molecule has 0 saturated heterocycles. The first-order valence-electron chi connectivity index (χ1n) is 11.4. The van der Waals surface area contributed by atoms with Crippen LogP contribution in [-0.4, -0.2) is 23.8 Å². The molecule has 0 aliphatic heterocycles. The Morgan fingerprint density at radius 3 is 2.47 bits per heavy atom. The Bertz CT molecular complexity index is 1640. The average Bonchev–Trinajstić information content (AvgIpc) is 3.15. The molecule has 1 N–H and O–H groups in total. The second-order valence-corrected chi connectivity index (χ2v) is 9.28. The molecule has 0 bridgehead atoms. The maximum absolute atomic E-state index is 13.0. The van der Waals surface area contributed by atoms with E-state index in [0.717, 1.165) is 38.5 Å². The highest BCUT2D eigenvalue weighted by Gasteiger charge is 2.16. The van der Waals surface area contributed by atoms with Crippen molar-refractivity contribution in [1.82, 2.24) is 9.99 Å². The van der Waals surface area contributed by atoms with E-state index in [0.29, 0.717) is 27.9 Å². The zero-order valence-electron chi connectivity index (χ0n) is 19.8. The van der Waals surface area contributed by atoms with Gasteiger partial charge in [-0.2, -0.15) is 5.10 Å². The molecule has 0 aliphatic carbocycles. The normalized spacial score (nSPS) is 11.4. The van der Waals surface area contributed by atoms with Crippen molar-refractivity contribution >= 4 is 57.0 Å². The van der Waals surface area contributed by atoms with Crippen LogP contribution in [0.15, 0.2) is 84.0 Å². The van der Waals surface area contributed by atoms with Gasteiger partial charge >= 0.3 is 0 Å². The number of aromatic nitrogens is 1. The van der Waals surface area contributed by atoms with Crippen LogP contribution in [0.4, 0.5) is 0 Å². The number of amides is 1. The molecule has 4 aromatic carbocycles. The molecule has 1 heterocycles. The zero-order chi connectivity index (χ0) is 25.2. The number of para-hydroxylation sites is 1. The van der Waals surface area contributed by atoms with Crippen molar-refractivity contribution in [1.29, 1.82) is 0 Å². The number of ether oxygens (including phenoxy) is 1. The van der Waals surface area contributed by atoms with Crippen molar-refractivity contribution in [3.8, 4) is 5.75 Å². The minimum absolute atomic E-state index is 0.344. The van der Waals surface area contributed by atoms with E-state index in [2.05, 4.69) is 21.2 Å². The standard InChI is InChI=1S/C29H23Cl2N3O2/c1-18-25(16-32-33-29(35)24-13-19-7-3-4-8-20(19)14-28(24)36-2)23-9-5-6-10-27(23)34(18)17-21-11-12-22(30)15-26(21)31/h3-16H,17H2,1-2H3,(H,33,35)/b32-16-. The van der Waals surface area contributed by atoms with E-state index in [4.69, 9.17) is 27.9 Å². The van der Waals surface area contributed by atoms with Crippen LogP contribution in [-0.2, 0) is 6.54 Å². The predicted octanol–water partition coefficient (Wildman–Crippen LogP) is 7.23. The van der Waals surface area contributed by atoms with E-state index in [1.807, 2.05) is 73.7 Å². The summed E-state index contributed by atoms with van der Waals surface area (Å²) < 4.78 is 7.64. The molecular weight excluding hydrogens is 493 g/mol. The highest BCUT2D eigenvalue weighted by atomic mass is 35.5. The fourth-order valence-electron chi connectivity index (χ4n) is 4.43. The minimum atomic E-state index is -0.344. The monoisotopic (exact) mass is 515 g/mol. The maximum Gasteiger partial charge on any atom is 0.275 e. The first kappa shape index (κ1) is 23.9. The summed E-state index contributed by atoms with van der Waals surface area (Å²) in [5.74, 6) is 0.150. The molecule has 0 saturated carbocycles. The summed E-state index contributed by atoms with van der Waals surface area (Å²) in [4.78, 5) is 13.0. The van der Waals surface area contributed by atoms with Gasteiger partial charge in [0, 0.05) is 38.8 Å². The molecule has 180 valence electrons. The van der Waals surface area contributed by atoms with E-state index in [1.165, 1.54) is 0 Å². The molecule has 5 nitrogen and oxygen atoms in total. The van der Waals surface area contributed by atoms with Gasteiger partial charge in [-0.1, -0.05) is 71.7 Å². The second-order valence-electron chi connectivity index (χ2n) is 8.44. The van der Waals surface area contributed by atoms with Gasteiger partial charge in [-0.15, -0.1) is 0 Å². The topological polar surface area (TPSA) is 55.6 Å². The van der Waals surface area contributed by atoms with Gasteiger partial charge in [0.25, 0.3) is 5.91 Å². The molecule has 0 fully saturated rings. The number of hydrogen-bond acceptors (Lipinski definition) is 3. The maximum atomic E-state index is 13.0. The molecule has 7 heteroatoms. The third-order valence-corrected chi connectivity index (χ3v) is 6.88. The molecule has 36 heavy (non-hydrogen) atoms. The highest BCUT2D eigenvalue weighted by Crippen LogP contribution is 2.29. The Balaban J connectivity index is 1.45. The number of hydrogen-bond donors (Lipinski definition) is 1. The van der Waals surface area contributed by atoms with E-state index >= 15 is 0 Å². The summed E-state index contributed by atoms with van der Waals surface area (Å²) in [6.45, 7) is 2.61. The Labute approximate surface area is 218 Å². The predicted molar refractivity (Wildman–Crippen MR) is 148 cm³/mol. The summed E-state index contributed by atoms with van der Waals surface area (Å²) in [5.41, 5.74) is 7.01. The van der Waals surface area contributed by atoms with Crippen LogP contribution in [0, 0.1) is 6.92 Å². The number of rotatable bonds is 6. The van der Waals surface area contributed by atoms with Crippen LogP contribution >= 0.6 is 23.2 Å². The molecule has 1 amide bonds. The van der Waals surface area contributed by atoms with Crippen molar-refractivity contribution in [3.05, 3.63) is 111 Å². The molecule has 0 unspecified atom stereocenters. The Hall–Kier alpha value is -3.80. The van der Waals surface area contributed by atoms with Gasteiger partial charge in [0.05, 0.1) is 18.9 Å². The lowest BCUT2D eigenvalue weighted by Gasteiger charge is -2.10. The van der Waals surface area contributed by atoms with Crippen molar-refractivity contribution in [2.24, 2.45) is 5.10 Å². The van der Waals surface area contributed by atoms with Gasteiger partial charge in [-0.25, -0.2) is 5.43 Å². The number of carbonyl (C=O) groups excluding carboxylic acids is 1. The van der Waals surface area contributed by atoms with E-state index in [-0.39, 0.29) is 5.91 Å². The number of methoxy groups -OCH3 is 1. The van der Waals surface area contributed by atoms with Crippen LogP contribution in [0.3, 0.4) is 0 Å². The van der Waals surface area contributed by atoms with Crippen molar-refractivity contribution in [2.45, 2.75) is 13.5 Å². The Morgan fingerprint density at radius 2 is 1.72 bits per heavy atom. The van der Waals surface area contributed by atoms with Crippen LogP contribution < -0.4 is 10.2 Å². The first-order valence-corrected chi connectivity index (χ1v) is 12.1. The largest absolute Gasteiger partial charge is 0.496 e. The van der Waals surface area contributed by atoms with Gasteiger partial charge in [0.15, 0.2) is 0 Å². The summed E-state index contributed by atoms with van der Waals surface area (Å²) >= 11 is 12.5. The summed E-state index contributed by atoms with van der Waals surface area (Å²) in [7, 11) is 1.55. The van der Waals surface area contributed by atoms with Crippen molar-refractivity contribution in [2.75, 3.05) is 7.11 Å². The average molecular weight is 516 g/mol. The second kappa shape index (κ2) is 10.1. The minimum Gasteiger partial charge on any atom is -0.496 e. The number of nitrogens with one attached hydrogen (secondary N) is 1. The van der Waals surface area contributed by atoms with E-state index < -0.39 is 0 Å². The SMILES string of the molecule is COc1cc2ccccc2cc1C(=O)N/N=C\c1c(C)n(Cc2ccc(Cl)cc2Cl)c2ccccc12. The van der Waals surface area contributed by atoms with Gasteiger partial charge in [0.2, 0.25) is 0 Å². The van der Waals surface area contributed by atoms with Crippen molar-refractivity contribution in [3.63, 3.8) is 0 Å². The molecular formula is C29H23Cl2N3O2. The quantitative estimate of drug-likeness (QED) is 0.191. The number of hydrazone groups is 1. The van der Waals surface area contributed by atoms with E-state index in [1.54, 1.807) is 19.4 Å². The first-order chi connectivity index (χ1) is 17.5. The lowest BCUT2D eigenvalue weighted by atomic mass is 10.1. The number of halogens is 2. The van der Waals surface area contributed by atoms with Crippen LogP contribution in [0.1, 0.15) is 27.2 Å². The number of benzene rings is 4. The molecule has 0 radical (unpaired) electrons.